The number of nitrogen functional groups attached to an aromatic ring is 2. The molecule has 21 heavy (non-hydrogen) atoms. The molecule has 2 rings (SSSR count). The second kappa shape index (κ2) is 8.42. The van der Waals surface area contributed by atoms with Crippen LogP contribution in [0.1, 0.15) is 11.1 Å². The van der Waals surface area contributed by atoms with Crippen LogP contribution in [0.5, 0.6) is 0 Å². The van der Waals surface area contributed by atoms with Gasteiger partial charge in [-0.3, -0.25) is 0 Å². The van der Waals surface area contributed by atoms with Crippen LogP contribution in [0.4, 0.5) is 11.4 Å². The van der Waals surface area contributed by atoms with Crippen molar-refractivity contribution < 1.29 is 0 Å². The molecule has 8 heteroatoms. The molecule has 0 radical (unpaired) electrons. The van der Waals surface area contributed by atoms with Gasteiger partial charge in [0, 0.05) is 16.5 Å². The van der Waals surface area contributed by atoms with E-state index in [1.807, 2.05) is 0 Å². The van der Waals surface area contributed by atoms with Crippen LogP contribution >= 0.6 is 71.2 Å². The Kier molecular flexibility index (Phi) is 8.33. The monoisotopic (exact) mass is 406 g/mol. The quantitative estimate of drug-likeness (QED) is 0.608. The maximum absolute atomic E-state index is 6.14. The molecule has 2 aromatic carbocycles. The van der Waals surface area contributed by atoms with E-state index in [9.17, 15) is 0 Å². The molecule has 0 aromatic heterocycles. The van der Waals surface area contributed by atoms with Crippen LogP contribution < -0.4 is 11.5 Å². The second-order valence-corrected chi connectivity index (χ2v) is 5.74. The van der Waals surface area contributed by atoms with Crippen molar-refractivity contribution in [2.45, 2.75) is 6.42 Å². The van der Waals surface area contributed by atoms with Gasteiger partial charge < -0.3 is 11.5 Å². The molecule has 0 aliphatic rings. The van der Waals surface area contributed by atoms with Gasteiger partial charge in [0.05, 0.1) is 21.4 Å². The summed E-state index contributed by atoms with van der Waals surface area (Å²) in [7, 11) is 0. The second-order valence-electron chi connectivity index (χ2n) is 4.11. The molecule has 0 aliphatic carbocycles. The SMILES string of the molecule is Cl.Cl.Nc1cc(Cl)c(Cc2cc(Cl)c(N)cc2Cl)cc1Cl. The van der Waals surface area contributed by atoms with Crippen LogP contribution in [0.3, 0.4) is 0 Å². The topological polar surface area (TPSA) is 52.0 Å². The van der Waals surface area contributed by atoms with Crippen LogP contribution in [0.15, 0.2) is 24.3 Å². The van der Waals surface area contributed by atoms with Gasteiger partial charge in [-0.2, -0.15) is 0 Å². The van der Waals surface area contributed by atoms with Crippen molar-refractivity contribution >= 4 is 82.6 Å². The summed E-state index contributed by atoms with van der Waals surface area (Å²) in [4.78, 5) is 0. The third-order valence-electron chi connectivity index (χ3n) is 2.71. The van der Waals surface area contributed by atoms with E-state index >= 15 is 0 Å². The first-order chi connectivity index (χ1) is 8.88. The first-order valence-corrected chi connectivity index (χ1v) is 6.86. The van der Waals surface area contributed by atoms with Gasteiger partial charge in [-0.25, -0.2) is 0 Å². The molecular formula is C13H12Cl6N2. The number of hydrogen-bond acceptors (Lipinski definition) is 2. The summed E-state index contributed by atoms with van der Waals surface area (Å²) >= 11 is 24.2. The Morgan fingerprint density at radius 3 is 1.29 bits per heavy atom. The zero-order chi connectivity index (χ0) is 14.2. The van der Waals surface area contributed by atoms with E-state index in [4.69, 9.17) is 57.9 Å². The molecule has 0 saturated carbocycles. The Bertz CT molecular complexity index is 590. The highest BCUT2D eigenvalue weighted by Gasteiger charge is 2.10. The van der Waals surface area contributed by atoms with Gasteiger partial charge >= 0.3 is 0 Å². The average Bonchev–Trinajstić information content (AvgIpc) is 2.32. The van der Waals surface area contributed by atoms with Crippen molar-refractivity contribution in [1.29, 1.82) is 0 Å². The summed E-state index contributed by atoms with van der Waals surface area (Å²) in [6.07, 6.45) is 0.498. The van der Waals surface area contributed by atoms with Crippen molar-refractivity contribution in [3.63, 3.8) is 0 Å². The normalized spacial score (nSPS) is 9.71. The van der Waals surface area contributed by atoms with Crippen LogP contribution in [-0.2, 0) is 6.42 Å². The highest BCUT2D eigenvalue weighted by atomic mass is 35.5. The van der Waals surface area contributed by atoms with Crippen molar-refractivity contribution in [1.82, 2.24) is 0 Å². The van der Waals surface area contributed by atoms with E-state index in [1.54, 1.807) is 24.3 Å². The lowest BCUT2D eigenvalue weighted by Gasteiger charge is -2.10. The van der Waals surface area contributed by atoms with Gasteiger partial charge in [-0.05, 0) is 35.4 Å². The predicted molar refractivity (Wildman–Crippen MR) is 99.1 cm³/mol. The molecule has 2 nitrogen and oxygen atoms in total. The van der Waals surface area contributed by atoms with Gasteiger partial charge in [-0.15, -0.1) is 24.8 Å². The molecule has 0 heterocycles. The van der Waals surface area contributed by atoms with E-state index in [2.05, 4.69) is 0 Å². The molecule has 0 unspecified atom stereocenters. The average molecular weight is 409 g/mol. The summed E-state index contributed by atoms with van der Waals surface area (Å²) in [5.41, 5.74) is 13.9. The zero-order valence-corrected chi connectivity index (χ0v) is 15.2. The first kappa shape index (κ1) is 20.8. The van der Waals surface area contributed by atoms with E-state index < -0.39 is 0 Å². The minimum Gasteiger partial charge on any atom is -0.397 e. The van der Waals surface area contributed by atoms with E-state index in [0.717, 1.165) is 11.1 Å². The van der Waals surface area contributed by atoms with Crippen molar-refractivity contribution in [2.75, 3.05) is 11.5 Å². The first-order valence-electron chi connectivity index (χ1n) is 5.35. The minimum absolute atomic E-state index is 0. The van der Waals surface area contributed by atoms with Crippen LogP contribution in [0.2, 0.25) is 20.1 Å². The summed E-state index contributed by atoms with van der Waals surface area (Å²) in [5.74, 6) is 0. The molecule has 4 N–H and O–H groups in total. The Labute approximate surface area is 155 Å². The Hall–Kier alpha value is -0.220. The van der Waals surface area contributed by atoms with Crippen molar-refractivity contribution in [3.05, 3.63) is 55.5 Å². The molecule has 116 valence electrons. The number of benzene rings is 2. The zero-order valence-electron chi connectivity index (χ0n) is 10.5. The fraction of sp³-hybridized carbons (Fsp3) is 0.0769. The Balaban J connectivity index is 0.00000200. The Morgan fingerprint density at radius 1 is 0.619 bits per heavy atom. The maximum atomic E-state index is 6.14. The van der Waals surface area contributed by atoms with Gasteiger partial charge in [-0.1, -0.05) is 46.4 Å². The van der Waals surface area contributed by atoms with E-state index in [0.29, 0.717) is 37.9 Å². The number of hydrogen-bond donors (Lipinski definition) is 2. The fourth-order valence-electron chi connectivity index (χ4n) is 1.68. The van der Waals surface area contributed by atoms with E-state index in [1.165, 1.54) is 0 Å². The molecule has 0 atom stereocenters. The molecule has 0 aliphatic heterocycles. The fourth-order valence-corrected chi connectivity index (χ4v) is 2.53. The summed E-state index contributed by atoms with van der Waals surface area (Å²) in [6.45, 7) is 0. The standard InChI is InChI=1S/C13H10Cl4N2.2ClH/c14-8-4-12(18)10(16)2-6(8)1-7-3-11(17)13(19)5-9(7)15;;/h2-5H,1,18-19H2;2*1H. The lowest BCUT2D eigenvalue weighted by molar-refractivity contribution is 1.19. The minimum atomic E-state index is 0. The Morgan fingerprint density at radius 2 is 0.952 bits per heavy atom. The number of nitrogens with two attached hydrogens (primary N) is 2. The number of anilines is 2. The van der Waals surface area contributed by atoms with E-state index in [-0.39, 0.29) is 24.8 Å². The highest BCUT2D eigenvalue weighted by Crippen LogP contribution is 2.32. The number of halogens is 6. The van der Waals surface area contributed by atoms with Gasteiger partial charge in [0.15, 0.2) is 0 Å². The van der Waals surface area contributed by atoms with Gasteiger partial charge in [0.1, 0.15) is 0 Å². The van der Waals surface area contributed by atoms with Gasteiger partial charge in [0.2, 0.25) is 0 Å². The van der Waals surface area contributed by atoms with Crippen molar-refractivity contribution in [3.8, 4) is 0 Å². The lowest BCUT2D eigenvalue weighted by atomic mass is 10.0. The third-order valence-corrected chi connectivity index (χ3v) is 4.07. The molecule has 0 fully saturated rings. The maximum Gasteiger partial charge on any atom is 0.0639 e. The van der Waals surface area contributed by atoms with Gasteiger partial charge in [0.25, 0.3) is 0 Å². The molecule has 0 bridgehead atoms. The molecule has 0 amide bonds. The third kappa shape index (κ3) is 4.88. The predicted octanol–water partition coefficient (Wildman–Crippen LogP) is 5.90. The smallest absolute Gasteiger partial charge is 0.0639 e. The molecular weight excluding hydrogens is 397 g/mol. The van der Waals surface area contributed by atoms with Crippen LogP contribution in [-0.4, -0.2) is 0 Å². The van der Waals surface area contributed by atoms with Crippen molar-refractivity contribution in [2.24, 2.45) is 0 Å². The molecule has 0 spiro atoms. The highest BCUT2D eigenvalue weighted by molar-refractivity contribution is 6.36. The number of rotatable bonds is 2. The summed E-state index contributed by atoms with van der Waals surface area (Å²) in [6, 6.07) is 6.68. The van der Waals surface area contributed by atoms with Crippen LogP contribution in [0, 0.1) is 0 Å². The largest absolute Gasteiger partial charge is 0.397 e. The van der Waals surface area contributed by atoms with Crippen LogP contribution in [0.25, 0.3) is 0 Å². The lowest BCUT2D eigenvalue weighted by Crippen LogP contribution is -1.96. The molecule has 2 aromatic rings. The summed E-state index contributed by atoms with van der Waals surface area (Å²) in [5, 5.41) is 1.98. The summed E-state index contributed by atoms with van der Waals surface area (Å²) < 4.78 is 0. The molecule has 0 saturated heterocycles.